The Labute approximate surface area is 70.5 Å². The summed E-state index contributed by atoms with van der Waals surface area (Å²) in [7, 11) is 0. The molecule has 1 aromatic heterocycles. The van der Waals surface area contributed by atoms with Crippen LogP contribution in [0.25, 0.3) is 0 Å². The van der Waals surface area contributed by atoms with Crippen LogP contribution in [0.5, 0.6) is 0 Å². The quantitative estimate of drug-likeness (QED) is 0.693. The molecule has 66 valence electrons. The number of amides is 1. The molecule has 1 amide bonds. The van der Waals surface area contributed by atoms with E-state index in [1.807, 2.05) is 0 Å². The predicted octanol–water partition coefficient (Wildman–Crippen LogP) is 1.27. The van der Waals surface area contributed by atoms with Crippen LogP contribution in [-0.2, 0) is 4.84 Å². The predicted molar refractivity (Wildman–Crippen MR) is 42.5 cm³/mol. The second-order valence-corrected chi connectivity index (χ2v) is 2.27. The molecule has 0 unspecified atom stereocenters. The van der Waals surface area contributed by atoms with Gasteiger partial charge in [-0.05, 0) is 26.0 Å². The zero-order valence-electron chi connectivity index (χ0n) is 7.09. The first-order valence-corrected chi connectivity index (χ1v) is 3.72. The number of furan rings is 1. The van der Waals surface area contributed by atoms with E-state index >= 15 is 0 Å². The Balaban J connectivity index is 2.53. The molecule has 0 bridgehead atoms. The molecule has 1 aromatic rings. The first-order chi connectivity index (χ1) is 5.74. The lowest BCUT2D eigenvalue weighted by Crippen LogP contribution is -2.22. The van der Waals surface area contributed by atoms with E-state index in [4.69, 9.17) is 9.25 Å². The monoisotopic (exact) mass is 169 g/mol. The largest absolute Gasteiger partial charge is 0.456 e. The Hall–Kier alpha value is -1.29. The highest BCUT2D eigenvalue weighted by Gasteiger charge is 2.08. The summed E-state index contributed by atoms with van der Waals surface area (Å²) in [4.78, 5) is 15.8. The molecule has 0 atom stereocenters. The molecule has 0 aliphatic rings. The summed E-state index contributed by atoms with van der Waals surface area (Å²) in [5, 5.41) is 0. The minimum Gasteiger partial charge on any atom is -0.456 e. The number of aryl methyl sites for hydroxylation is 1. The van der Waals surface area contributed by atoms with Crippen molar-refractivity contribution in [3.8, 4) is 0 Å². The van der Waals surface area contributed by atoms with E-state index in [1.165, 1.54) is 0 Å². The van der Waals surface area contributed by atoms with Crippen molar-refractivity contribution in [2.75, 3.05) is 6.61 Å². The lowest BCUT2D eigenvalue weighted by molar-refractivity contribution is 0.0339. The molecule has 4 heteroatoms. The fourth-order valence-electron chi connectivity index (χ4n) is 0.745. The zero-order chi connectivity index (χ0) is 8.97. The topological polar surface area (TPSA) is 51.5 Å². The van der Waals surface area contributed by atoms with Gasteiger partial charge in [-0.25, -0.2) is 5.48 Å². The van der Waals surface area contributed by atoms with Crippen LogP contribution in [0, 0.1) is 6.92 Å². The van der Waals surface area contributed by atoms with E-state index in [0.29, 0.717) is 12.4 Å². The fourth-order valence-corrected chi connectivity index (χ4v) is 0.745. The Morgan fingerprint density at radius 2 is 2.42 bits per heavy atom. The molecule has 0 aromatic carbocycles. The fraction of sp³-hybridized carbons (Fsp3) is 0.375. The summed E-state index contributed by atoms with van der Waals surface area (Å²) in [6.45, 7) is 4.00. The zero-order valence-corrected chi connectivity index (χ0v) is 7.09. The van der Waals surface area contributed by atoms with E-state index < -0.39 is 0 Å². The minimum atomic E-state index is -0.357. The highest BCUT2D eigenvalue weighted by molar-refractivity contribution is 5.90. The van der Waals surface area contributed by atoms with Crippen molar-refractivity contribution in [2.45, 2.75) is 13.8 Å². The Bertz CT molecular complexity index is 267. The number of nitrogens with one attached hydrogen (secondary N) is 1. The molecule has 0 aliphatic heterocycles. The maximum absolute atomic E-state index is 11.1. The van der Waals surface area contributed by atoms with Crippen molar-refractivity contribution in [3.63, 3.8) is 0 Å². The lowest BCUT2D eigenvalue weighted by Gasteiger charge is -1.99. The van der Waals surface area contributed by atoms with E-state index in [9.17, 15) is 4.79 Å². The summed E-state index contributed by atoms with van der Waals surface area (Å²) in [5.74, 6) is 0.613. The van der Waals surface area contributed by atoms with Gasteiger partial charge in [-0.15, -0.1) is 0 Å². The summed E-state index contributed by atoms with van der Waals surface area (Å²) in [5.41, 5.74) is 2.23. The van der Waals surface area contributed by atoms with Crippen LogP contribution in [0.4, 0.5) is 0 Å². The van der Waals surface area contributed by atoms with E-state index in [-0.39, 0.29) is 11.7 Å². The maximum Gasteiger partial charge on any atom is 0.310 e. The van der Waals surface area contributed by atoms with Crippen molar-refractivity contribution < 1.29 is 14.0 Å². The van der Waals surface area contributed by atoms with Crippen molar-refractivity contribution in [1.29, 1.82) is 0 Å². The van der Waals surface area contributed by atoms with Gasteiger partial charge in [0.2, 0.25) is 0 Å². The van der Waals surface area contributed by atoms with Gasteiger partial charge in [0.15, 0.2) is 5.76 Å². The molecule has 1 heterocycles. The number of carbonyl (C=O) groups is 1. The van der Waals surface area contributed by atoms with E-state index in [0.717, 1.165) is 0 Å². The van der Waals surface area contributed by atoms with Crippen LogP contribution < -0.4 is 5.48 Å². The summed E-state index contributed by atoms with van der Waals surface area (Å²) < 4.78 is 5.05. The number of rotatable bonds is 3. The number of carbonyl (C=O) groups excluding carboxylic acids is 1. The lowest BCUT2D eigenvalue weighted by atomic mass is 10.4. The third-order valence-corrected chi connectivity index (χ3v) is 1.27. The summed E-state index contributed by atoms with van der Waals surface area (Å²) in [6.07, 6.45) is 0. The highest BCUT2D eigenvalue weighted by Crippen LogP contribution is 2.05. The van der Waals surface area contributed by atoms with Gasteiger partial charge >= 0.3 is 5.91 Å². The van der Waals surface area contributed by atoms with Gasteiger partial charge in [-0.3, -0.25) is 9.63 Å². The smallest absolute Gasteiger partial charge is 0.310 e. The third-order valence-electron chi connectivity index (χ3n) is 1.27. The second kappa shape index (κ2) is 3.92. The summed E-state index contributed by atoms with van der Waals surface area (Å²) in [6, 6.07) is 3.32. The molecule has 0 saturated heterocycles. The molecule has 0 fully saturated rings. The average molecular weight is 169 g/mol. The first kappa shape index (κ1) is 8.80. The number of hydroxylamine groups is 1. The molecular formula is C8H11NO3. The molecule has 0 aliphatic carbocycles. The average Bonchev–Trinajstić information content (AvgIpc) is 2.47. The number of hydrogen-bond donors (Lipinski definition) is 1. The van der Waals surface area contributed by atoms with Crippen LogP contribution in [0.2, 0.25) is 0 Å². The van der Waals surface area contributed by atoms with Gasteiger partial charge in [0.05, 0.1) is 6.61 Å². The van der Waals surface area contributed by atoms with Crippen LogP contribution in [0.1, 0.15) is 23.2 Å². The molecule has 1 N–H and O–H groups in total. The van der Waals surface area contributed by atoms with Crippen LogP contribution in [-0.4, -0.2) is 12.5 Å². The van der Waals surface area contributed by atoms with Crippen molar-refractivity contribution in [2.24, 2.45) is 0 Å². The van der Waals surface area contributed by atoms with Crippen LogP contribution in [0.3, 0.4) is 0 Å². The van der Waals surface area contributed by atoms with E-state index in [1.54, 1.807) is 26.0 Å². The summed E-state index contributed by atoms with van der Waals surface area (Å²) >= 11 is 0. The first-order valence-electron chi connectivity index (χ1n) is 3.72. The molecule has 1 rings (SSSR count). The highest BCUT2D eigenvalue weighted by atomic mass is 16.7. The Morgan fingerprint density at radius 1 is 1.67 bits per heavy atom. The third kappa shape index (κ3) is 2.10. The number of hydrogen-bond acceptors (Lipinski definition) is 3. The van der Waals surface area contributed by atoms with Gasteiger partial charge < -0.3 is 4.42 Å². The molecule has 0 radical (unpaired) electrons. The standard InChI is InChI=1S/C8H11NO3/c1-3-11-9-8(10)7-5-4-6(2)12-7/h4-5H,3H2,1-2H3,(H,9,10). The Morgan fingerprint density at radius 3 is 2.92 bits per heavy atom. The van der Waals surface area contributed by atoms with Gasteiger partial charge in [-0.2, -0.15) is 0 Å². The van der Waals surface area contributed by atoms with Crippen molar-refractivity contribution >= 4 is 5.91 Å². The van der Waals surface area contributed by atoms with Gasteiger partial charge in [0.1, 0.15) is 5.76 Å². The maximum atomic E-state index is 11.1. The van der Waals surface area contributed by atoms with Gasteiger partial charge in [-0.1, -0.05) is 0 Å². The van der Waals surface area contributed by atoms with Gasteiger partial charge in [0, 0.05) is 0 Å². The molecule has 0 saturated carbocycles. The Kier molecular flexibility index (Phi) is 2.88. The minimum absolute atomic E-state index is 0.265. The van der Waals surface area contributed by atoms with Crippen molar-refractivity contribution in [3.05, 3.63) is 23.7 Å². The SMILES string of the molecule is CCONC(=O)c1ccc(C)o1. The molecule has 12 heavy (non-hydrogen) atoms. The van der Waals surface area contributed by atoms with E-state index in [2.05, 4.69) is 5.48 Å². The normalized spacial score (nSPS) is 9.83. The van der Waals surface area contributed by atoms with Crippen LogP contribution in [0.15, 0.2) is 16.5 Å². The molecule has 0 spiro atoms. The van der Waals surface area contributed by atoms with Gasteiger partial charge in [0.25, 0.3) is 0 Å². The molecule has 4 nitrogen and oxygen atoms in total. The van der Waals surface area contributed by atoms with Crippen molar-refractivity contribution in [1.82, 2.24) is 5.48 Å². The molecular weight excluding hydrogens is 158 g/mol. The second-order valence-electron chi connectivity index (χ2n) is 2.27. The van der Waals surface area contributed by atoms with Crippen LogP contribution >= 0.6 is 0 Å².